The van der Waals surface area contributed by atoms with E-state index in [4.69, 9.17) is 0 Å². The monoisotopic (exact) mass is 259 g/mol. The van der Waals surface area contributed by atoms with Crippen molar-refractivity contribution in [1.29, 1.82) is 0 Å². The quantitative estimate of drug-likeness (QED) is 0.666. The fourth-order valence-corrected chi connectivity index (χ4v) is 1.22. The Morgan fingerprint density at radius 1 is 1.44 bits per heavy atom. The van der Waals surface area contributed by atoms with Crippen LogP contribution in [0.3, 0.4) is 0 Å². The Hall–Kier alpha value is -1.98. The van der Waals surface area contributed by atoms with E-state index in [-0.39, 0.29) is 18.0 Å². The van der Waals surface area contributed by atoms with E-state index in [1.54, 1.807) is 6.92 Å². The molecule has 0 saturated carbocycles. The van der Waals surface area contributed by atoms with Crippen LogP contribution in [-0.4, -0.2) is 12.6 Å². The van der Waals surface area contributed by atoms with Crippen LogP contribution in [0.15, 0.2) is 36.5 Å². The summed E-state index contributed by atoms with van der Waals surface area (Å²) in [5.74, 6) is -0.699. The molecular formula is C12H12F3NO2. The van der Waals surface area contributed by atoms with Gasteiger partial charge in [0.1, 0.15) is 5.70 Å². The SMILES string of the molecule is C=C(Nc1cccc(C(F)(F)F)c1)C(=O)OCC. The van der Waals surface area contributed by atoms with Crippen molar-refractivity contribution in [1.82, 2.24) is 0 Å². The number of rotatable bonds is 4. The lowest BCUT2D eigenvalue weighted by Crippen LogP contribution is -2.14. The summed E-state index contributed by atoms with van der Waals surface area (Å²) in [4.78, 5) is 11.2. The zero-order chi connectivity index (χ0) is 13.8. The third kappa shape index (κ3) is 3.80. The Morgan fingerprint density at radius 3 is 2.67 bits per heavy atom. The second kappa shape index (κ2) is 5.57. The van der Waals surface area contributed by atoms with E-state index in [1.165, 1.54) is 12.1 Å². The molecule has 0 saturated heterocycles. The van der Waals surface area contributed by atoms with Crippen LogP contribution >= 0.6 is 0 Å². The maximum absolute atomic E-state index is 12.4. The molecule has 0 fully saturated rings. The van der Waals surface area contributed by atoms with Gasteiger partial charge in [-0.1, -0.05) is 12.6 Å². The van der Waals surface area contributed by atoms with E-state index in [0.717, 1.165) is 12.1 Å². The lowest BCUT2D eigenvalue weighted by Gasteiger charge is -2.11. The fourth-order valence-electron chi connectivity index (χ4n) is 1.22. The summed E-state index contributed by atoms with van der Waals surface area (Å²) in [5, 5.41) is 2.47. The van der Waals surface area contributed by atoms with Crippen molar-refractivity contribution < 1.29 is 22.7 Å². The number of ether oxygens (including phenoxy) is 1. The minimum absolute atomic E-state index is 0.115. The summed E-state index contributed by atoms with van der Waals surface area (Å²) in [6.45, 7) is 5.18. The zero-order valence-corrected chi connectivity index (χ0v) is 9.67. The van der Waals surface area contributed by atoms with Gasteiger partial charge in [-0.2, -0.15) is 13.2 Å². The number of alkyl halides is 3. The number of nitrogens with one attached hydrogen (secondary N) is 1. The lowest BCUT2D eigenvalue weighted by atomic mass is 10.2. The highest BCUT2D eigenvalue weighted by Crippen LogP contribution is 2.30. The van der Waals surface area contributed by atoms with Gasteiger partial charge in [-0.3, -0.25) is 0 Å². The molecule has 18 heavy (non-hydrogen) atoms. The van der Waals surface area contributed by atoms with E-state index < -0.39 is 17.7 Å². The first-order chi connectivity index (χ1) is 8.34. The molecule has 6 heteroatoms. The highest BCUT2D eigenvalue weighted by molar-refractivity contribution is 5.91. The standard InChI is InChI=1S/C12H12F3NO2/c1-3-18-11(17)8(2)16-10-6-4-5-9(7-10)12(13,14)15/h4-7,16H,2-3H2,1H3. The predicted octanol–water partition coefficient (Wildman–Crippen LogP) is 3.19. The van der Waals surface area contributed by atoms with Gasteiger partial charge in [0, 0.05) is 5.69 Å². The van der Waals surface area contributed by atoms with Crippen LogP contribution < -0.4 is 5.32 Å². The van der Waals surface area contributed by atoms with E-state index in [9.17, 15) is 18.0 Å². The number of carbonyl (C=O) groups is 1. The molecule has 0 aliphatic rings. The van der Waals surface area contributed by atoms with Crippen molar-refractivity contribution in [2.45, 2.75) is 13.1 Å². The predicted molar refractivity (Wildman–Crippen MR) is 60.8 cm³/mol. The molecule has 0 aliphatic carbocycles. The van der Waals surface area contributed by atoms with Gasteiger partial charge in [0.05, 0.1) is 12.2 Å². The van der Waals surface area contributed by atoms with Gasteiger partial charge in [-0.05, 0) is 25.1 Å². The minimum Gasteiger partial charge on any atom is -0.461 e. The number of anilines is 1. The van der Waals surface area contributed by atoms with Crippen LogP contribution in [0.1, 0.15) is 12.5 Å². The second-order valence-electron chi connectivity index (χ2n) is 3.40. The highest BCUT2D eigenvalue weighted by atomic mass is 19.4. The summed E-state index contributed by atoms with van der Waals surface area (Å²) in [7, 11) is 0. The lowest BCUT2D eigenvalue weighted by molar-refractivity contribution is -0.138. The Morgan fingerprint density at radius 2 is 2.11 bits per heavy atom. The number of halogens is 3. The summed E-state index contributed by atoms with van der Waals surface area (Å²) >= 11 is 0. The third-order valence-corrected chi connectivity index (χ3v) is 2.01. The molecule has 0 aliphatic heterocycles. The number of carbonyl (C=O) groups excluding carboxylic acids is 1. The van der Waals surface area contributed by atoms with Crippen LogP contribution in [0, 0.1) is 0 Å². The Kier molecular flexibility index (Phi) is 4.36. The Bertz CT molecular complexity index is 455. The molecular weight excluding hydrogens is 247 g/mol. The van der Waals surface area contributed by atoms with Gasteiger partial charge in [-0.25, -0.2) is 4.79 Å². The topological polar surface area (TPSA) is 38.3 Å². The highest BCUT2D eigenvalue weighted by Gasteiger charge is 2.30. The molecule has 1 aromatic carbocycles. The molecule has 1 rings (SSSR count). The number of esters is 1. The van der Waals surface area contributed by atoms with Gasteiger partial charge < -0.3 is 10.1 Å². The van der Waals surface area contributed by atoms with E-state index in [2.05, 4.69) is 16.6 Å². The molecule has 0 spiro atoms. The number of benzene rings is 1. The van der Waals surface area contributed by atoms with Gasteiger partial charge in [-0.15, -0.1) is 0 Å². The maximum Gasteiger partial charge on any atom is 0.416 e. The van der Waals surface area contributed by atoms with Crippen LogP contribution in [0.25, 0.3) is 0 Å². The second-order valence-corrected chi connectivity index (χ2v) is 3.40. The van der Waals surface area contributed by atoms with E-state index in [0.29, 0.717) is 0 Å². The molecule has 98 valence electrons. The molecule has 0 radical (unpaired) electrons. The summed E-state index contributed by atoms with van der Waals surface area (Å²) in [6, 6.07) is 4.48. The van der Waals surface area contributed by atoms with Crippen molar-refractivity contribution in [2.75, 3.05) is 11.9 Å². The van der Waals surface area contributed by atoms with Gasteiger partial charge in [0.2, 0.25) is 0 Å². The van der Waals surface area contributed by atoms with Crippen molar-refractivity contribution in [3.8, 4) is 0 Å². The maximum atomic E-state index is 12.4. The van der Waals surface area contributed by atoms with E-state index >= 15 is 0 Å². The summed E-state index contributed by atoms with van der Waals surface area (Å²) < 4.78 is 42.0. The van der Waals surface area contributed by atoms with Crippen molar-refractivity contribution >= 4 is 11.7 Å². The number of hydrogen-bond acceptors (Lipinski definition) is 3. The average Bonchev–Trinajstić information content (AvgIpc) is 2.28. The van der Waals surface area contributed by atoms with Crippen molar-refractivity contribution in [2.24, 2.45) is 0 Å². The van der Waals surface area contributed by atoms with Crippen LogP contribution in [0.4, 0.5) is 18.9 Å². The van der Waals surface area contributed by atoms with Crippen LogP contribution in [0.2, 0.25) is 0 Å². The molecule has 3 nitrogen and oxygen atoms in total. The molecule has 0 bridgehead atoms. The molecule has 0 heterocycles. The van der Waals surface area contributed by atoms with Gasteiger partial charge >= 0.3 is 12.1 Å². The first-order valence-corrected chi connectivity index (χ1v) is 5.15. The molecule has 0 aromatic heterocycles. The van der Waals surface area contributed by atoms with Gasteiger partial charge in [0.25, 0.3) is 0 Å². The van der Waals surface area contributed by atoms with Crippen molar-refractivity contribution in [3.63, 3.8) is 0 Å². The van der Waals surface area contributed by atoms with Crippen LogP contribution in [0.5, 0.6) is 0 Å². The summed E-state index contributed by atoms with van der Waals surface area (Å²) in [5.41, 5.74) is -0.789. The molecule has 0 amide bonds. The zero-order valence-electron chi connectivity index (χ0n) is 9.67. The molecule has 0 atom stereocenters. The molecule has 1 aromatic rings. The third-order valence-electron chi connectivity index (χ3n) is 2.01. The smallest absolute Gasteiger partial charge is 0.416 e. The minimum atomic E-state index is -4.43. The van der Waals surface area contributed by atoms with Gasteiger partial charge in [0.15, 0.2) is 0 Å². The summed E-state index contributed by atoms with van der Waals surface area (Å²) in [6.07, 6.45) is -4.43. The largest absolute Gasteiger partial charge is 0.461 e. The first kappa shape index (κ1) is 14.1. The Balaban J connectivity index is 2.80. The normalized spacial score (nSPS) is 10.9. The first-order valence-electron chi connectivity index (χ1n) is 5.15. The molecule has 1 N–H and O–H groups in total. The molecule has 0 unspecified atom stereocenters. The number of hydrogen-bond donors (Lipinski definition) is 1. The Labute approximate surface area is 102 Å². The van der Waals surface area contributed by atoms with E-state index in [1.807, 2.05) is 0 Å². The van der Waals surface area contributed by atoms with Crippen LogP contribution in [-0.2, 0) is 15.7 Å². The van der Waals surface area contributed by atoms with Crippen molar-refractivity contribution in [3.05, 3.63) is 42.1 Å². The average molecular weight is 259 g/mol. The fraction of sp³-hybridized carbons (Fsp3) is 0.250.